The molecule has 1 aromatic heterocycles. The molecule has 0 spiro atoms. The fraction of sp³-hybridized carbons (Fsp3) is 0.375. The van der Waals surface area contributed by atoms with Crippen LogP contribution in [0.5, 0.6) is 0 Å². The molecule has 0 saturated heterocycles. The Kier molecular flexibility index (Phi) is 6.70. The number of halogens is 1. The first-order valence-electron chi connectivity index (χ1n) is 10.7. The average molecular weight is 439 g/mol. The molecule has 1 amide bonds. The summed E-state index contributed by atoms with van der Waals surface area (Å²) in [5.74, 6) is 0.594. The van der Waals surface area contributed by atoms with Crippen LogP contribution >= 0.6 is 11.8 Å². The van der Waals surface area contributed by atoms with E-state index in [4.69, 9.17) is 0 Å². The molecule has 31 heavy (non-hydrogen) atoms. The van der Waals surface area contributed by atoms with Crippen LogP contribution in [0.2, 0.25) is 0 Å². The fourth-order valence-corrected chi connectivity index (χ4v) is 4.47. The zero-order valence-electron chi connectivity index (χ0n) is 17.9. The van der Waals surface area contributed by atoms with Crippen LogP contribution in [0.25, 0.3) is 11.4 Å². The van der Waals surface area contributed by atoms with Crippen molar-refractivity contribution in [3.05, 3.63) is 65.5 Å². The highest BCUT2D eigenvalue weighted by atomic mass is 32.2. The average Bonchev–Trinajstić information content (AvgIpc) is 3.53. The molecule has 4 rings (SSSR count). The summed E-state index contributed by atoms with van der Waals surface area (Å²) >= 11 is 1.39. The van der Waals surface area contributed by atoms with Gasteiger partial charge in [-0.3, -0.25) is 9.36 Å². The van der Waals surface area contributed by atoms with E-state index >= 15 is 0 Å². The van der Waals surface area contributed by atoms with E-state index in [2.05, 4.69) is 48.3 Å². The van der Waals surface area contributed by atoms with Crippen molar-refractivity contribution in [2.75, 3.05) is 12.3 Å². The topological polar surface area (TPSA) is 51.0 Å². The van der Waals surface area contributed by atoms with E-state index in [-0.39, 0.29) is 23.5 Å². The number of rotatable bonds is 9. The lowest BCUT2D eigenvalue weighted by atomic mass is 10.1. The van der Waals surface area contributed by atoms with E-state index < -0.39 is 0 Å². The minimum atomic E-state index is -0.309. The summed E-state index contributed by atoms with van der Waals surface area (Å²) in [6.45, 7) is 5.44. The number of hydrogen-bond donors (Lipinski definition) is 0. The van der Waals surface area contributed by atoms with Gasteiger partial charge in [0.15, 0.2) is 11.0 Å². The van der Waals surface area contributed by atoms with Crippen molar-refractivity contribution in [3.8, 4) is 11.4 Å². The second-order valence-electron chi connectivity index (χ2n) is 7.98. The number of carbonyl (C=O) groups is 1. The van der Waals surface area contributed by atoms with Gasteiger partial charge < -0.3 is 4.90 Å². The summed E-state index contributed by atoms with van der Waals surface area (Å²) in [6, 6.07) is 15.2. The number of amides is 1. The van der Waals surface area contributed by atoms with E-state index in [1.54, 1.807) is 18.2 Å². The quantitative estimate of drug-likeness (QED) is 0.428. The van der Waals surface area contributed by atoms with Crippen LogP contribution in [0, 0.1) is 12.7 Å². The molecule has 162 valence electrons. The Morgan fingerprint density at radius 1 is 1.16 bits per heavy atom. The lowest BCUT2D eigenvalue weighted by molar-refractivity contribution is -0.129. The standard InChI is InChI=1S/C24H27FN4OS/c1-3-14-28(15-18-10-8-17(2)9-11-18)22(30)16-31-24-27-26-23(29(24)19-12-13-19)20-6-4-5-7-21(20)25/h4-11,19H,3,12-16H2,1-2H3. The van der Waals surface area contributed by atoms with Crippen LogP contribution < -0.4 is 0 Å². The number of benzene rings is 2. The molecule has 7 heteroatoms. The third kappa shape index (κ3) is 5.15. The third-order valence-corrected chi connectivity index (χ3v) is 6.28. The monoisotopic (exact) mass is 438 g/mol. The number of aromatic nitrogens is 3. The highest BCUT2D eigenvalue weighted by Crippen LogP contribution is 2.41. The zero-order valence-corrected chi connectivity index (χ0v) is 18.7. The van der Waals surface area contributed by atoms with E-state index in [0.29, 0.717) is 29.6 Å². The fourth-order valence-electron chi connectivity index (χ4n) is 3.56. The second-order valence-corrected chi connectivity index (χ2v) is 8.92. The summed E-state index contributed by atoms with van der Waals surface area (Å²) in [6.07, 6.45) is 2.95. The van der Waals surface area contributed by atoms with Gasteiger partial charge in [0.2, 0.25) is 5.91 Å². The van der Waals surface area contributed by atoms with Gasteiger partial charge in [-0.05, 0) is 43.9 Å². The van der Waals surface area contributed by atoms with Gasteiger partial charge >= 0.3 is 0 Å². The van der Waals surface area contributed by atoms with Gasteiger partial charge in [-0.2, -0.15) is 0 Å². The smallest absolute Gasteiger partial charge is 0.233 e. The Morgan fingerprint density at radius 3 is 2.58 bits per heavy atom. The molecular formula is C24H27FN4OS. The Balaban J connectivity index is 1.48. The van der Waals surface area contributed by atoms with Crippen LogP contribution in [-0.2, 0) is 11.3 Å². The predicted octanol–water partition coefficient (Wildman–Crippen LogP) is 5.26. The molecular weight excluding hydrogens is 411 g/mol. The maximum atomic E-state index is 14.3. The van der Waals surface area contributed by atoms with Crippen molar-refractivity contribution < 1.29 is 9.18 Å². The Bertz CT molecular complexity index is 1050. The largest absolute Gasteiger partial charge is 0.338 e. The molecule has 3 aromatic rings. The molecule has 0 bridgehead atoms. The van der Waals surface area contributed by atoms with Gasteiger partial charge in [-0.25, -0.2) is 4.39 Å². The first-order valence-corrected chi connectivity index (χ1v) is 11.7. The minimum Gasteiger partial charge on any atom is -0.338 e. The summed E-state index contributed by atoms with van der Waals surface area (Å²) in [5.41, 5.74) is 2.78. The van der Waals surface area contributed by atoms with Crippen LogP contribution in [0.1, 0.15) is 43.4 Å². The van der Waals surface area contributed by atoms with E-state index in [1.807, 2.05) is 9.47 Å². The number of carbonyl (C=O) groups excluding carboxylic acids is 1. The molecule has 1 saturated carbocycles. The molecule has 0 atom stereocenters. The Hall–Kier alpha value is -2.67. The molecule has 2 aromatic carbocycles. The molecule has 1 fully saturated rings. The van der Waals surface area contributed by atoms with Crippen molar-refractivity contribution in [1.82, 2.24) is 19.7 Å². The summed E-state index contributed by atoms with van der Waals surface area (Å²) in [7, 11) is 0. The molecule has 0 aliphatic heterocycles. The van der Waals surface area contributed by atoms with Crippen LogP contribution in [0.3, 0.4) is 0 Å². The summed E-state index contributed by atoms with van der Waals surface area (Å²) < 4.78 is 16.3. The maximum absolute atomic E-state index is 14.3. The summed E-state index contributed by atoms with van der Waals surface area (Å²) in [5, 5.41) is 9.26. The summed E-state index contributed by atoms with van der Waals surface area (Å²) in [4.78, 5) is 14.9. The van der Waals surface area contributed by atoms with E-state index in [0.717, 1.165) is 24.8 Å². The van der Waals surface area contributed by atoms with Gasteiger partial charge in [0, 0.05) is 19.1 Å². The number of aryl methyl sites for hydroxylation is 1. The number of thioether (sulfide) groups is 1. The molecule has 1 heterocycles. The normalized spacial score (nSPS) is 13.4. The zero-order chi connectivity index (χ0) is 21.8. The third-order valence-electron chi connectivity index (χ3n) is 5.36. The van der Waals surface area contributed by atoms with Gasteiger partial charge in [0.25, 0.3) is 0 Å². The van der Waals surface area contributed by atoms with Crippen molar-refractivity contribution in [3.63, 3.8) is 0 Å². The van der Waals surface area contributed by atoms with Crippen molar-refractivity contribution in [2.24, 2.45) is 0 Å². The minimum absolute atomic E-state index is 0.0743. The molecule has 5 nitrogen and oxygen atoms in total. The molecule has 1 aliphatic rings. The maximum Gasteiger partial charge on any atom is 0.233 e. The van der Waals surface area contributed by atoms with E-state index in [9.17, 15) is 9.18 Å². The van der Waals surface area contributed by atoms with Gasteiger partial charge in [-0.15, -0.1) is 10.2 Å². The first kappa shape index (κ1) is 21.6. The Morgan fingerprint density at radius 2 is 1.90 bits per heavy atom. The van der Waals surface area contributed by atoms with Crippen LogP contribution in [-0.4, -0.2) is 37.9 Å². The van der Waals surface area contributed by atoms with Crippen LogP contribution in [0.4, 0.5) is 4.39 Å². The van der Waals surface area contributed by atoms with Crippen molar-refractivity contribution in [1.29, 1.82) is 0 Å². The van der Waals surface area contributed by atoms with Gasteiger partial charge in [0.05, 0.1) is 11.3 Å². The molecule has 1 aliphatic carbocycles. The van der Waals surface area contributed by atoms with Crippen molar-refractivity contribution in [2.45, 2.75) is 50.9 Å². The van der Waals surface area contributed by atoms with Gasteiger partial charge in [-0.1, -0.05) is 60.6 Å². The number of hydrogen-bond acceptors (Lipinski definition) is 4. The lowest BCUT2D eigenvalue weighted by Gasteiger charge is -2.22. The SMILES string of the molecule is CCCN(Cc1ccc(C)cc1)C(=O)CSc1nnc(-c2ccccc2F)n1C1CC1. The number of nitrogens with zero attached hydrogens (tertiary/aromatic N) is 4. The second kappa shape index (κ2) is 9.64. The van der Waals surface area contributed by atoms with Gasteiger partial charge in [0.1, 0.15) is 5.82 Å². The van der Waals surface area contributed by atoms with Crippen LogP contribution in [0.15, 0.2) is 53.7 Å². The highest BCUT2D eigenvalue weighted by molar-refractivity contribution is 7.99. The first-order chi connectivity index (χ1) is 15.1. The molecule has 0 N–H and O–H groups in total. The molecule has 0 radical (unpaired) electrons. The predicted molar refractivity (Wildman–Crippen MR) is 121 cm³/mol. The van der Waals surface area contributed by atoms with E-state index in [1.165, 1.54) is 23.4 Å². The Labute approximate surface area is 186 Å². The lowest BCUT2D eigenvalue weighted by Crippen LogP contribution is -2.32. The molecule has 0 unspecified atom stereocenters. The highest BCUT2D eigenvalue weighted by Gasteiger charge is 2.31. The van der Waals surface area contributed by atoms with Crippen molar-refractivity contribution >= 4 is 17.7 Å².